The third-order valence-corrected chi connectivity index (χ3v) is 4.18. The van der Waals surface area contributed by atoms with Crippen molar-refractivity contribution in [2.45, 2.75) is 58.4 Å². The topological polar surface area (TPSA) is 24.9 Å². The Morgan fingerprint density at radius 3 is 2.79 bits per heavy atom. The molecular weight excluding hydrogens is 232 g/mol. The molecule has 1 aromatic heterocycles. The van der Waals surface area contributed by atoms with Crippen LogP contribution >= 0.6 is 0 Å². The summed E-state index contributed by atoms with van der Waals surface area (Å²) in [5, 5.41) is 3.75. The Bertz CT molecular complexity index is 348. The number of rotatable bonds is 6. The highest BCUT2D eigenvalue weighted by molar-refractivity contribution is 5.09. The van der Waals surface area contributed by atoms with Crippen LogP contribution in [-0.2, 0) is 6.42 Å². The molecule has 0 spiro atoms. The molecule has 0 amide bonds. The first-order valence-electron chi connectivity index (χ1n) is 7.86. The molecule has 0 saturated heterocycles. The minimum Gasteiger partial charge on any atom is -0.314 e. The van der Waals surface area contributed by atoms with Crippen LogP contribution in [0.5, 0.6) is 0 Å². The van der Waals surface area contributed by atoms with Crippen molar-refractivity contribution in [2.24, 2.45) is 11.8 Å². The van der Waals surface area contributed by atoms with Crippen LogP contribution < -0.4 is 5.32 Å². The van der Waals surface area contributed by atoms with Gasteiger partial charge in [0.05, 0.1) is 0 Å². The zero-order valence-corrected chi connectivity index (χ0v) is 12.4. The minimum absolute atomic E-state index is 0.749. The predicted molar refractivity (Wildman–Crippen MR) is 81.1 cm³/mol. The Kier molecular flexibility index (Phi) is 5.84. The van der Waals surface area contributed by atoms with E-state index in [0.717, 1.165) is 30.8 Å². The van der Waals surface area contributed by atoms with Crippen LogP contribution in [0.25, 0.3) is 0 Å². The third-order valence-electron chi connectivity index (χ3n) is 4.18. The third kappa shape index (κ3) is 5.32. The zero-order chi connectivity index (χ0) is 13.5. The molecule has 106 valence electrons. The Labute approximate surface area is 118 Å². The van der Waals surface area contributed by atoms with Gasteiger partial charge in [0.2, 0.25) is 0 Å². The van der Waals surface area contributed by atoms with Gasteiger partial charge in [0, 0.05) is 18.4 Å². The normalized spacial score (nSPS) is 23.7. The van der Waals surface area contributed by atoms with E-state index in [-0.39, 0.29) is 0 Å². The van der Waals surface area contributed by atoms with Crippen molar-refractivity contribution in [1.29, 1.82) is 0 Å². The molecule has 1 saturated carbocycles. The Hall–Kier alpha value is -0.890. The predicted octanol–water partition coefficient (Wildman–Crippen LogP) is 3.82. The summed E-state index contributed by atoms with van der Waals surface area (Å²) in [6.45, 7) is 5.80. The van der Waals surface area contributed by atoms with Gasteiger partial charge in [-0.25, -0.2) is 0 Å². The Morgan fingerprint density at radius 1 is 1.26 bits per heavy atom. The summed E-state index contributed by atoms with van der Waals surface area (Å²) in [6.07, 6.45) is 11.9. The highest BCUT2D eigenvalue weighted by atomic mass is 14.9. The van der Waals surface area contributed by atoms with Crippen molar-refractivity contribution in [1.82, 2.24) is 10.3 Å². The quantitative estimate of drug-likeness (QED) is 0.841. The van der Waals surface area contributed by atoms with Gasteiger partial charge in [-0.15, -0.1) is 0 Å². The lowest BCUT2D eigenvalue weighted by Gasteiger charge is -2.31. The van der Waals surface area contributed by atoms with Gasteiger partial charge in [0.15, 0.2) is 0 Å². The van der Waals surface area contributed by atoms with Gasteiger partial charge in [-0.3, -0.25) is 4.98 Å². The van der Waals surface area contributed by atoms with Crippen molar-refractivity contribution < 1.29 is 0 Å². The molecule has 1 fully saturated rings. The molecule has 0 radical (unpaired) electrons. The molecule has 0 aromatic carbocycles. The molecule has 19 heavy (non-hydrogen) atoms. The molecule has 2 rings (SSSR count). The monoisotopic (exact) mass is 260 g/mol. The molecule has 1 aliphatic carbocycles. The van der Waals surface area contributed by atoms with Crippen LogP contribution in [0.15, 0.2) is 24.5 Å². The molecule has 1 heterocycles. The number of pyridine rings is 1. The number of nitrogens with zero attached hydrogens (tertiary/aromatic N) is 1. The van der Waals surface area contributed by atoms with E-state index in [4.69, 9.17) is 0 Å². The molecule has 0 aliphatic heterocycles. The van der Waals surface area contributed by atoms with Gasteiger partial charge >= 0.3 is 0 Å². The lowest BCUT2D eigenvalue weighted by atomic mass is 9.81. The van der Waals surface area contributed by atoms with E-state index in [2.05, 4.69) is 36.3 Å². The molecule has 1 aromatic rings. The molecule has 0 bridgehead atoms. The fourth-order valence-electron chi connectivity index (χ4n) is 3.33. The van der Waals surface area contributed by atoms with E-state index in [1.54, 1.807) is 0 Å². The van der Waals surface area contributed by atoms with Crippen LogP contribution in [-0.4, -0.2) is 17.6 Å². The molecule has 2 atom stereocenters. The Morgan fingerprint density at radius 2 is 2.05 bits per heavy atom. The Balaban J connectivity index is 1.68. The SMILES string of the molecule is CC(C)CC1CCCC(NCCc2ccncc2)C1. The maximum atomic E-state index is 4.06. The number of aromatic nitrogens is 1. The van der Waals surface area contributed by atoms with E-state index < -0.39 is 0 Å². The maximum Gasteiger partial charge on any atom is 0.0270 e. The first-order chi connectivity index (χ1) is 9.24. The second-order valence-electron chi connectivity index (χ2n) is 6.42. The lowest BCUT2D eigenvalue weighted by molar-refractivity contribution is 0.253. The fraction of sp³-hybridized carbons (Fsp3) is 0.706. The molecule has 1 aliphatic rings. The van der Waals surface area contributed by atoms with E-state index >= 15 is 0 Å². The zero-order valence-electron chi connectivity index (χ0n) is 12.4. The number of hydrogen-bond donors (Lipinski definition) is 1. The standard InChI is InChI=1S/C17H28N2/c1-14(2)12-16-4-3-5-17(13-16)19-11-8-15-6-9-18-10-7-15/h6-7,9-10,14,16-17,19H,3-5,8,11-13H2,1-2H3. The molecule has 2 heteroatoms. The summed E-state index contributed by atoms with van der Waals surface area (Å²) < 4.78 is 0. The summed E-state index contributed by atoms with van der Waals surface area (Å²) in [4.78, 5) is 4.06. The first kappa shape index (κ1) is 14.5. The van der Waals surface area contributed by atoms with Crippen LogP contribution in [0.4, 0.5) is 0 Å². The fourth-order valence-corrected chi connectivity index (χ4v) is 3.33. The van der Waals surface area contributed by atoms with Crippen molar-refractivity contribution in [3.05, 3.63) is 30.1 Å². The lowest BCUT2D eigenvalue weighted by Crippen LogP contribution is -2.35. The number of hydrogen-bond acceptors (Lipinski definition) is 2. The summed E-state index contributed by atoms with van der Waals surface area (Å²) in [5.41, 5.74) is 1.39. The summed E-state index contributed by atoms with van der Waals surface area (Å²) in [7, 11) is 0. The van der Waals surface area contributed by atoms with Crippen molar-refractivity contribution in [3.63, 3.8) is 0 Å². The highest BCUT2D eigenvalue weighted by Gasteiger charge is 2.21. The van der Waals surface area contributed by atoms with E-state index in [1.807, 2.05) is 12.4 Å². The van der Waals surface area contributed by atoms with Gasteiger partial charge in [-0.1, -0.05) is 26.7 Å². The van der Waals surface area contributed by atoms with Gasteiger partial charge in [0.25, 0.3) is 0 Å². The van der Waals surface area contributed by atoms with Gasteiger partial charge < -0.3 is 5.32 Å². The van der Waals surface area contributed by atoms with E-state index in [1.165, 1.54) is 37.7 Å². The average Bonchev–Trinajstić information content (AvgIpc) is 2.40. The van der Waals surface area contributed by atoms with Gasteiger partial charge in [-0.2, -0.15) is 0 Å². The van der Waals surface area contributed by atoms with Gasteiger partial charge in [0.1, 0.15) is 0 Å². The first-order valence-corrected chi connectivity index (χ1v) is 7.86. The minimum atomic E-state index is 0.749. The highest BCUT2D eigenvalue weighted by Crippen LogP contribution is 2.29. The van der Waals surface area contributed by atoms with E-state index in [9.17, 15) is 0 Å². The molecule has 2 unspecified atom stereocenters. The smallest absolute Gasteiger partial charge is 0.0270 e. The second kappa shape index (κ2) is 7.64. The summed E-state index contributed by atoms with van der Waals surface area (Å²) in [5.74, 6) is 1.80. The largest absolute Gasteiger partial charge is 0.314 e. The van der Waals surface area contributed by atoms with Crippen LogP contribution in [0, 0.1) is 11.8 Å². The van der Waals surface area contributed by atoms with Crippen LogP contribution in [0.1, 0.15) is 51.5 Å². The van der Waals surface area contributed by atoms with Crippen molar-refractivity contribution >= 4 is 0 Å². The maximum absolute atomic E-state index is 4.06. The summed E-state index contributed by atoms with van der Waals surface area (Å²) >= 11 is 0. The molecule has 1 N–H and O–H groups in total. The molecular formula is C17H28N2. The average molecular weight is 260 g/mol. The number of nitrogens with one attached hydrogen (secondary N) is 1. The summed E-state index contributed by atoms with van der Waals surface area (Å²) in [6, 6.07) is 4.98. The van der Waals surface area contributed by atoms with Crippen molar-refractivity contribution in [3.8, 4) is 0 Å². The van der Waals surface area contributed by atoms with Crippen LogP contribution in [0.3, 0.4) is 0 Å². The van der Waals surface area contributed by atoms with E-state index in [0.29, 0.717) is 0 Å². The van der Waals surface area contributed by atoms with Crippen LogP contribution in [0.2, 0.25) is 0 Å². The van der Waals surface area contributed by atoms with Gasteiger partial charge in [-0.05, 0) is 61.8 Å². The van der Waals surface area contributed by atoms with Crippen molar-refractivity contribution in [2.75, 3.05) is 6.54 Å². The second-order valence-corrected chi connectivity index (χ2v) is 6.42. The molecule has 2 nitrogen and oxygen atoms in total.